The van der Waals surface area contributed by atoms with E-state index >= 15 is 0 Å². The van der Waals surface area contributed by atoms with Gasteiger partial charge in [0.2, 0.25) is 0 Å². The van der Waals surface area contributed by atoms with E-state index in [1.54, 1.807) is 30.7 Å². The SMILES string of the molecule is CC(NC(=O)c1cccc(-n2cnnn2)c1)c1ccc(-n2ccnc2)cc1. The molecule has 27 heavy (non-hydrogen) atoms. The number of benzene rings is 2. The number of rotatable bonds is 5. The Morgan fingerprint density at radius 1 is 1.07 bits per heavy atom. The van der Waals surface area contributed by atoms with Crippen molar-refractivity contribution in [1.29, 1.82) is 0 Å². The maximum Gasteiger partial charge on any atom is 0.251 e. The molecule has 1 unspecified atom stereocenters. The summed E-state index contributed by atoms with van der Waals surface area (Å²) in [7, 11) is 0. The number of hydrogen-bond donors (Lipinski definition) is 1. The molecule has 134 valence electrons. The van der Waals surface area contributed by atoms with Gasteiger partial charge in [0.25, 0.3) is 5.91 Å². The normalized spacial score (nSPS) is 11.9. The molecule has 0 aliphatic heterocycles. The first-order valence-corrected chi connectivity index (χ1v) is 8.43. The lowest BCUT2D eigenvalue weighted by atomic mass is 10.1. The van der Waals surface area contributed by atoms with Gasteiger partial charge in [0.1, 0.15) is 6.33 Å². The molecule has 0 aliphatic rings. The summed E-state index contributed by atoms with van der Waals surface area (Å²) in [4.78, 5) is 16.7. The van der Waals surface area contributed by atoms with Crippen LogP contribution in [0, 0.1) is 0 Å². The highest BCUT2D eigenvalue weighted by molar-refractivity contribution is 5.95. The first kappa shape index (κ1) is 16.6. The third-order valence-electron chi connectivity index (χ3n) is 4.27. The van der Waals surface area contributed by atoms with Gasteiger partial charge in [-0.1, -0.05) is 18.2 Å². The molecule has 4 rings (SSSR count). The lowest BCUT2D eigenvalue weighted by Crippen LogP contribution is -2.26. The maximum atomic E-state index is 12.6. The minimum absolute atomic E-state index is 0.133. The topological polar surface area (TPSA) is 90.5 Å². The van der Waals surface area contributed by atoms with Gasteiger partial charge in [-0.2, -0.15) is 0 Å². The average Bonchev–Trinajstić information content (AvgIpc) is 3.42. The predicted octanol–water partition coefficient (Wildman–Crippen LogP) is 2.34. The van der Waals surface area contributed by atoms with E-state index in [1.807, 2.05) is 48.0 Å². The number of carbonyl (C=O) groups is 1. The van der Waals surface area contributed by atoms with E-state index in [0.717, 1.165) is 16.9 Å². The van der Waals surface area contributed by atoms with Gasteiger partial charge in [-0.15, -0.1) is 5.10 Å². The van der Waals surface area contributed by atoms with Crippen molar-refractivity contribution in [3.05, 3.63) is 84.7 Å². The van der Waals surface area contributed by atoms with Gasteiger partial charge >= 0.3 is 0 Å². The van der Waals surface area contributed by atoms with Crippen molar-refractivity contribution >= 4 is 5.91 Å². The van der Waals surface area contributed by atoms with Crippen LogP contribution in [0.25, 0.3) is 11.4 Å². The molecule has 4 aromatic rings. The lowest BCUT2D eigenvalue weighted by Gasteiger charge is -2.15. The fourth-order valence-electron chi connectivity index (χ4n) is 2.78. The van der Waals surface area contributed by atoms with Gasteiger partial charge in [-0.3, -0.25) is 4.79 Å². The van der Waals surface area contributed by atoms with Crippen LogP contribution < -0.4 is 5.32 Å². The maximum absolute atomic E-state index is 12.6. The highest BCUT2D eigenvalue weighted by atomic mass is 16.1. The van der Waals surface area contributed by atoms with Gasteiger partial charge in [0, 0.05) is 23.6 Å². The number of carbonyl (C=O) groups excluding carboxylic acids is 1. The minimum atomic E-state index is -0.156. The fraction of sp³-hybridized carbons (Fsp3) is 0.105. The van der Waals surface area contributed by atoms with E-state index in [1.165, 1.54) is 11.0 Å². The second kappa shape index (κ2) is 7.20. The molecule has 0 radical (unpaired) electrons. The molecule has 0 bridgehead atoms. The van der Waals surface area contributed by atoms with E-state index in [2.05, 4.69) is 25.8 Å². The van der Waals surface area contributed by atoms with Gasteiger partial charge in [0.05, 0.1) is 18.1 Å². The van der Waals surface area contributed by atoms with E-state index in [4.69, 9.17) is 0 Å². The van der Waals surface area contributed by atoms with Crippen molar-refractivity contribution in [1.82, 2.24) is 35.1 Å². The second-order valence-electron chi connectivity index (χ2n) is 6.06. The highest BCUT2D eigenvalue weighted by Crippen LogP contribution is 2.17. The average molecular weight is 359 g/mol. The Morgan fingerprint density at radius 2 is 1.93 bits per heavy atom. The van der Waals surface area contributed by atoms with Crippen molar-refractivity contribution in [2.75, 3.05) is 0 Å². The highest BCUT2D eigenvalue weighted by Gasteiger charge is 2.12. The Labute approximate surface area is 155 Å². The first-order valence-electron chi connectivity index (χ1n) is 8.43. The monoisotopic (exact) mass is 359 g/mol. The van der Waals surface area contributed by atoms with Crippen LogP contribution in [0.15, 0.2) is 73.6 Å². The number of aromatic nitrogens is 6. The van der Waals surface area contributed by atoms with Crippen LogP contribution in [0.5, 0.6) is 0 Å². The van der Waals surface area contributed by atoms with Crippen molar-refractivity contribution < 1.29 is 4.79 Å². The van der Waals surface area contributed by atoms with Gasteiger partial charge < -0.3 is 9.88 Å². The van der Waals surface area contributed by atoms with Crippen LogP contribution in [0.4, 0.5) is 0 Å². The van der Waals surface area contributed by atoms with Gasteiger partial charge in [0.15, 0.2) is 0 Å². The summed E-state index contributed by atoms with van der Waals surface area (Å²) in [5, 5.41) is 14.1. The van der Waals surface area contributed by atoms with Crippen molar-refractivity contribution in [3.63, 3.8) is 0 Å². The summed E-state index contributed by atoms with van der Waals surface area (Å²) < 4.78 is 3.44. The zero-order chi connectivity index (χ0) is 18.6. The van der Waals surface area contributed by atoms with Crippen molar-refractivity contribution in [2.45, 2.75) is 13.0 Å². The van der Waals surface area contributed by atoms with Crippen LogP contribution in [0.3, 0.4) is 0 Å². The lowest BCUT2D eigenvalue weighted by molar-refractivity contribution is 0.0940. The molecule has 0 fully saturated rings. The zero-order valence-corrected chi connectivity index (χ0v) is 14.6. The molecule has 0 saturated heterocycles. The summed E-state index contributed by atoms with van der Waals surface area (Å²) in [5.41, 5.74) is 3.31. The standard InChI is InChI=1S/C19H17N7O/c1-14(15-5-7-17(8-6-15)25-10-9-20-12-25)22-19(27)16-3-2-4-18(11-16)26-13-21-23-24-26/h2-14H,1H3,(H,22,27). The third kappa shape index (κ3) is 3.59. The van der Waals surface area contributed by atoms with Crippen LogP contribution >= 0.6 is 0 Å². The van der Waals surface area contributed by atoms with Crippen molar-refractivity contribution in [3.8, 4) is 11.4 Å². The van der Waals surface area contributed by atoms with Crippen LogP contribution in [0.2, 0.25) is 0 Å². The predicted molar refractivity (Wildman–Crippen MR) is 98.6 cm³/mol. The Bertz CT molecular complexity index is 1020. The van der Waals surface area contributed by atoms with E-state index in [-0.39, 0.29) is 11.9 Å². The summed E-state index contributed by atoms with van der Waals surface area (Å²) in [6.07, 6.45) is 6.86. The van der Waals surface area contributed by atoms with E-state index in [9.17, 15) is 4.79 Å². The van der Waals surface area contributed by atoms with Crippen LogP contribution in [-0.4, -0.2) is 35.7 Å². The fourth-order valence-corrected chi connectivity index (χ4v) is 2.78. The number of amides is 1. The van der Waals surface area contributed by atoms with Crippen LogP contribution in [-0.2, 0) is 0 Å². The van der Waals surface area contributed by atoms with Crippen LogP contribution in [0.1, 0.15) is 28.9 Å². The largest absolute Gasteiger partial charge is 0.346 e. The molecule has 1 amide bonds. The van der Waals surface area contributed by atoms with Gasteiger partial charge in [-0.25, -0.2) is 9.67 Å². The Morgan fingerprint density at radius 3 is 2.63 bits per heavy atom. The third-order valence-corrected chi connectivity index (χ3v) is 4.27. The molecule has 0 saturated carbocycles. The first-order chi connectivity index (χ1) is 13.2. The quantitative estimate of drug-likeness (QED) is 0.591. The molecule has 0 spiro atoms. The number of tetrazole rings is 1. The number of hydrogen-bond acceptors (Lipinski definition) is 5. The summed E-state index contributed by atoms with van der Waals surface area (Å²) in [6.45, 7) is 1.95. The Hall–Kier alpha value is -3.81. The molecule has 0 aliphatic carbocycles. The number of nitrogens with zero attached hydrogens (tertiary/aromatic N) is 6. The molecular formula is C19H17N7O. The van der Waals surface area contributed by atoms with E-state index < -0.39 is 0 Å². The smallest absolute Gasteiger partial charge is 0.251 e. The zero-order valence-electron chi connectivity index (χ0n) is 14.6. The molecular weight excluding hydrogens is 342 g/mol. The van der Waals surface area contributed by atoms with Gasteiger partial charge in [-0.05, 0) is 53.2 Å². The molecule has 2 aromatic carbocycles. The molecule has 2 heterocycles. The summed E-state index contributed by atoms with van der Waals surface area (Å²) in [5.74, 6) is -0.156. The Balaban J connectivity index is 1.47. The molecule has 2 aromatic heterocycles. The van der Waals surface area contributed by atoms with Crippen molar-refractivity contribution in [2.24, 2.45) is 0 Å². The molecule has 1 N–H and O–H groups in total. The minimum Gasteiger partial charge on any atom is -0.346 e. The molecule has 1 atom stereocenters. The second-order valence-corrected chi connectivity index (χ2v) is 6.06. The number of imidazole rings is 1. The summed E-state index contributed by atoms with van der Waals surface area (Å²) >= 11 is 0. The molecule has 8 heteroatoms. The van der Waals surface area contributed by atoms with E-state index in [0.29, 0.717) is 5.56 Å². The summed E-state index contributed by atoms with van der Waals surface area (Å²) in [6, 6.07) is 15.0. The Kier molecular flexibility index (Phi) is 4.44. The molecule has 8 nitrogen and oxygen atoms in total. The number of nitrogens with one attached hydrogen (secondary N) is 1.